The van der Waals surface area contributed by atoms with Gasteiger partial charge in [0.05, 0.1) is 12.2 Å². The molecule has 0 radical (unpaired) electrons. The Kier molecular flexibility index (Phi) is 5.55. The molecule has 156 valence electrons. The van der Waals surface area contributed by atoms with Crippen molar-refractivity contribution in [3.8, 4) is 11.6 Å². The Morgan fingerprint density at radius 3 is 2.93 bits per heavy atom. The summed E-state index contributed by atoms with van der Waals surface area (Å²) in [5.74, 6) is 0.375. The molecule has 3 aromatic rings. The summed E-state index contributed by atoms with van der Waals surface area (Å²) in [6.07, 6.45) is 5.09. The lowest BCUT2D eigenvalue weighted by Gasteiger charge is -2.35. The highest BCUT2D eigenvalue weighted by Crippen LogP contribution is 2.31. The number of hydrogen-bond acceptors (Lipinski definition) is 6. The van der Waals surface area contributed by atoms with Crippen LogP contribution in [-0.4, -0.2) is 39.8 Å². The van der Waals surface area contributed by atoms with Crippen LogP contribution in [0.4, 0.5) is 5.69 Å². The Hall–Kier alpha value is -3.19. The molecule has 7 heteroatoms. The third-order valence-electron chi connectivity index (χ3n) is 5.24. The van der Waals surface area contributed by atoms with Crippen LogP contribution in [0.3, 0.4) is 0 Å². The van der Waals surface area contributed by atoms with Gasteiger partial charge in [-0.15, -0.1) is 0 Å². The molecule has 4 rings (SSSR count). The number of anilines is 1. The molecule has 0 saturated carbocycles. The van der Waals surface area contributed by atoms with Gasteiger partial charge in [0.1, 0.15) is 5.75 Å². The summed E-state index contributed by atoms with van der Waals surface area (Å²) in [5, 5.41) is 14.4. The van der Waals surface area contributed by atoms with Gasteiger partial charge in [-0.1, -0.05) is 0 Å². The summed E-state index contributed by atoms with van der Waals surface area (Å²) in [7, 11) is 0. The molecule has 1 unspecified atom stereocenters. The lowest BCUT2D eigenvalue weighted by Crippen LogP contribution is -2.36. The topological polar surface area (TPSA) is 93.6 Å². The highest BCUT2D eigenvalue weighted by molar-refractivity contribution is 6.05. The lowest BCUT2D eigenvalue weighted by molar-refractivity contribution is -0.0786. The van der Waals surface area contributed by atoms with E-state index in [0.29, 0.717) is 24.1 Å². The number of nitrogens with zero attached hydrogens (tertiary/aromatic N) is 2. The van der Waals surface area contributed by atoms with Crippen molar-refractivity contribution in [2.75, 3.05) is 18.5 Å². The van der Waals surface area contributed by atoms with E-state index >= 15 is 0 Å². The SMILES string of the molecule is CC1(C)CC(COc2nccc3cc(NC(=O)c4ncccc4O)ccc23)CCO1. The number of aromatic nitrogens is 2. The second-order valence-electron chi connectivity index (χ2n) is 8.16. The summed E-state index contributed by atoms with van der Waals surface area (Å²) in [4.78, 5) is 20.7. The van der Waals surface area contributed by atoms with Gasteiger partial charge in [0.2, 0.25) is 5.88 Å². The zero-order valence-electron chi connectivity index (χ0n) is 17.1. The van der Waals surface area contributed by atoms with Gasteiger partial charge in [-0.2, -0.15) is 0 Å². The fraction of sp³-hybridized carbons (Fsp3) is 0.348. The molecule has 2 N–H and O–H groups in total. The molecule has 3 heterocycles. The monoisotopic (exact) mass is 407 g/mol. The van der Waals surface area contributed by atoms with E-state index in [2.05, 4.69) is 29.1 Å². The highest BCUT2D eigenvalue weighted by Gasteiger charge is 2.29. The minimum Gasteiger partial charge on any atom is -0.505 e. The summed E-state index contributed by atoms with van der Waals surface area (Å²) < 4.78 is 11.8. The molecule has 1 atom stereocenters. The van der Waals surface area contributed by atoms with Crippen LogP contribution in [0.15, 0.2) is 48.8 Å². The molecular formula is C23H25N3O4. The summed E-state index contributed by atoms with van der Waals surface area (Å²) in [5.41, 5.74) is 0.463. The Morgan fingerprint density at radius 1 is 1.27 bits per heavy atom. The van der Waals surface area contributed by atoms with Crippen molar-refractivity contribution in [1.82, 2.24) is 9.97 Å². The number of fused-ring (bicyclic) bond motifs is 1. The van der Waals surface area contributed by atoms with E-state index in [4.69, 9.17) is 9.47 Å². The predicted molar refractivity (Wildman–Crippen MR) is 114 cm³/mol. The minimum absolute atomic E-state index is 0.0178. The van der Waals surface area contributed by atoms with E-state index in [1.54, 1.807) is 18.3 Å². The first-order valence-electron chi connectivity index (χ1n) is 10.0. The third-order valence-corrected chi connectivity index (χ3v) is 5.24. The van der Waals surface area contributed by atoms with Crippen molar-refractivity contribution in [2.24, 2.45) is 5.92 Å². The van der Waals surface area contributed by atoms with Crippen LogP contribution in [-0.2, 0) is 4.74 Å². The predicted octanol–water partition coefficient (Wildman–Crippen LogP) is 4.17. The quantitative estimate of drug-likeness (QED) is 0.659. The Morgan fingerprint density at radius 2 is 2.13 bits per heavy atom. The largest absolute Gasteiger partial charge is 0.505 e. The summed E-state index contributed by atoms with van der Waals surface area (Å²) in [6, 6.07) is 10.4. The van der Waals surface area contributed by atoms with Crippen LogP contribution in [0, 0.1) is 5.92 Å². The fourth-order valence-electron chi connectivity index (χ4n) is 3.80. The molecule has 0 spiro atoms. The van der Waals surface area contributed by atoms with Gasteiger partial charge in [0, 0.05) is 30.1 Å². The van der Waals surface area contributed by atoms with Crippen molar-refractivity contribution in [3.63, 3.8) is 0 Å². The molecule has 1 saturated heterocycles. The number of carbonyl (C=O) groups is 1. The first-order valence-corrected chi connectivity index (χ1v) is 10.0. The van der Waals surface area contributed by atoms with Crippen LogP contribution >= 0.6 is 0 Å². The molecule has 1 aliphatic rings. The van der Waals surface area contributed by atoms with Gasteiger partial charge in [-0.3, -0.25) is 4.79 Å². The lowest BCUT2D eigenvalue weighted by atomic mass is 9.89. The second kappa shape index (κ2) is 8.28. The van der Waals surface area contributed by atoms with Gasteiger partial charge in [-0.25, -0.2) is 9.97 Å². The zero-order valence-corrected chi connectivity index (χ0v) is 17.1. The maximum atomic E-state index is 12.4. The standard InChI is InChI=1S/C23H25N3O4/c1-23(2)13-15(8-11-30-23)14-29-22-18-6-5-17(12-16(18)7-10-25-22)26-21(28)20-19(27)4-3-9-24-20/h3-7,9-10,12,15,27H,8,11,13-14H2,1-2H3,(H,26,28). The molecule has 30 heavy (non-hydrogen) atoms. The number of carbonyl (C=O) groups excluding carboxylic acids is 1. The van der Waals surface area contributed by atoms with Crippen LogP contribution in [0.1, 0.15) is 37.2 Å². The van der Waals surface area contributed by atoms with Gasteiger partial charge in [0.15, 0.2) is 5.69 Å². The number of ether oxygens (including phenoxy) is 2. The molecule has 0 bridgehead atoms. The number of hydrogen-bond donors (Lipinski definition) is 2. The molecule has 7 nitrogen and oxygen atoms in total. The van der Waals surface area contributed by atoms with Crippen LogP contribution < -0.4 is 10.1 Å². The number of benzene rings is 1. The fourth-order valence-corrected chi connectivity index (χ4v) is 3.80. The van der Waals surface area contributed by atoms with Gasteiger partial charge in [-0.05, 0) is 74.4 Å². The van der Waals surface area contributed by atoms with E-state index in [9.17, 15) is 9.90 Å². The molecule has 1 aromatic carbocycles. The zero-order chi connectivity index (χ0) is 21.1. The van der Waals surface area contributed by atoms with E-state index in [1.165, 1.54) is 12.3 Å². The molecule has 1 fully saturated rings. The van der Waals surface area contributed by atoms with E-state index in [-0.39, 0.29) is 17.0 Å². The van der Waals surface area contributed by atoms with Crippen LogP contribution in [0.2, 0.25) is 0 Å². The summed E-state index contributed by atoms with van der Waals surface area (Å²) >= 11 is 0. The van der Waals surface area contributed by atoms with Crippen molar-refractivity contribution < 1.29 is 19.4 Å². The number of amides is 1. The van der Waals surface area contributed by atoms with Gasteiger partial charge in [0.25, 0.3) is 5.91 Å². The molecule has 0 aliphatic carbocycles. The van der Waals surface area contributed by atoms with Gasteiger partial charge < -0.3 is 19.9 Å². The number of rotatable bonds is 5. The number of aromatic hydroxyl groups is 1. The maximum Gasteiger partial charge on any atom is 0.278 e. The van der Waals surface area contributed by atoms with Gasteiger partial charge >= 0.3 is 0 Å². The Labute approximate surface area is 175 Å². The van der Waals surface area contributed by atoms with Crippen molar-refractivity contribution >= 4 is 22.4 Å². The Balaban J connectivity index is 1.48. The van der Waals surface area contributed by atoms with Crippen molar-refractivity contribution in [2.45, 2.75) is 32.3 Å². The highest BCUT2D eigenvalue weighted by atomic mass is 16.5. The first-order chi connectivity index (χ1) is 14.4. The van der Waals surface area contributed by atoms with E-state index in [0.717, 1.165) is 30.2 Å². The maximum absolute atomic E-state index is 12.4. The molecule has 1 amide bonds. The Bertz CT molecular complexity index is 1070. The minimum atomic E-state index is -0.472. The second-order valence-corrected chi connectivity index (χ2v) is 8.16. The number of pyridine rings is 2. The smallest absolute Gasteiger partial charge is 0.278 e. The average Bonchev–Trinajstić information content (AvgIpc) is 2.71. The molecule has 2 aromatic heterocycles. The third kappa shape index (κ3) is 4.52. The normalized spacial score (nSPS) is 18.1. The summed E-state index contributed by atoms with van der Waals surface area (Å²) in [6.45, 7) is 5.56. The van der Waals surface area contributed by atoms with Crippen LogP contribution in [0.5, 0.6) is 11.6 Å². The average molecular weight is 407 g/mol. The van der Waals surface area contributed by atoms with E-state index in [1.807, 2.05) is 18.2 Å². The van der Waals surface area contributed by atoms with Crippen molar-refractivity contribution in [1.29, 1.82) is 0 Å². The van der Waals surface area contributed by atoms with E-state index < -0.39 is 5.91 Å². The number of nitrogens with one attached hydrogen (secondary N) is 1. The molecule has 1 aliphatic heterocycles. The molecular weight excluding hydrogens is 382 g/mol. The van der Waals surface area contributed by atoms with Crippen LogP contribution in [0.25, 0.3) is 10.8 Å². The van der Waals surface area contributed by atoms with Crippen molar-refractivity contribution in [3.05, 3.63) is 54.5 Å². The first kappa shape index (κ1) is 20.1.